The van der Waals surface area contributed by atoms with E-state index in [-0.39, 0.29) is 17.9 Å². The Morgan fingerprint density at radius 3 is 2.86 bits per heavy atom. The van der Waals surface area contributed by atoms with Gasteiger partial charge in [-0.1, -0.05) is 12.1 Å². The third-order valence-corrected chi connectivity index (χ3v) is 3.31. The zero-order valence-corrected chi connectivity index (χ0v) is 11.4. The standard InChI is InChI=1S/C16H13FN2O2/c1-21-15-7-6-12(17)8-11(15)9-19-10-18-14-5-3-2-4-13(14)16(19)20/h2-8,10H,9H2,1H3. The van der Waals surface area contributed by atoms with Crippen LogP contribution in [-0.2, 0) is 6.54 Å². The van der Waals surface area contributed by atoms with Crippen LogP contribution in [0, 0.1) is 5.82 Å². The van der Waals surface area contributed by atoms with Gasteiger partial charge in [0.1, 0.15) is 11.6 Å². The second-order valence-electron chi connectivity index (χ2n) is 4.65. The average Bonchev–Trinajstić information content (AvgIpc) is 2.51. The molecule has 0 amide bonds. The number of benzene rings is 2. The molecule has 0 bridgehead atoms. The Kier molecular flexibility index (Phi) is 3.39. The molecule has 0 radical (unpaired) electrons. The van der Waals surface area contributed by atoms with E-state index < -0.39 is 0 Å². The highest BCUT2D eigenvalue weighted by Crippen LogP contribution is 2.20. The van der Waals surface area contributed by atoms with Crippen LogP contribution in [0.15, 0.2) is 53.6 Å². The van der Waals surface area contributed by atoms with Crippen molar-refractivity contribution in [1.29, 1.82) is 0 Å². The molecular weight excluding hydrogens is 271 g/mol. The first-order valence-corrected chi connectivity index (χ1v) is 6.45. The number of ether oxygens (including phenoxy) is 1. The van der Waals surface area contributed by atoms with Gasteiger partial charge in [0, 0.05) is 5.56 Å². The normalized spacial score (nSPS) is 10.8. The summed E-state index contributed by atoms with van der Waals surface area (Å²) < 4.78 is 20.0. The van der Waals surface area contributed by atoms with E-state index in [1.165, 1.54) is 30.1 Å². The Morgan fingerprint density at radius 1 is 1.24 bits per heavy atom. The largest absolute Gasteiger partial charge is 0.496 e. The number of rotatable bonds is 3. The molecule has 3 rings (SSSR count). The third kappa shape index (κ3) is 2.50. The summed E-state index contributed by atoms with van der Waals surface area (Å²) in [5.74, 6) is 0.170. The van der Waals surface area contributed by atoms with Gasteiger partial charge in [-0.2, -0.15) is 0 Å². The van der Waals surface area contributed by atoms with Gasteiger partial charge in [0.2, 0.25) is 0 Å². The lowest BCUT2D eigenvalue weighted by atomic mass is 10.2. The zero-order chi connectivity index (χ0) is 14.8. The smallest absolute Gasteiger partial charge is 0.261 e. The molecule has 5 heteroatoms. The van der Waals surface area contributed by atoms with Gasteiger partial charge in [-0.05, 0) is 30.3 Å². The highest BCUT2D eigenvalue weighted by Gasteiger charge is 2.08. The highest BCUT2D eigenvalue weighted by molar-refractivity contribution is 5.76. The number of hydrogen-bond acceptors (Lipinski definition) is 3. The number of aromatic nitrogens is 2. The van der Waals surface area contributed by atoms with Gasteiger partial charge in [0.05, 0.1) is 30.9 Å². The van der Waals surface area contributed by atoms with Crippen molar-refractivity contribution in [1.82, 2.24) is 9.55 Å². The van der Waals surface area contributed by atoms with E-state index >= 15 is 0 Å². The fraction of sp³-hybridized carbons (Fsp3) is 0.125. The van der Waals surface area contributed by atoms with Gasteiger partial charge in [-0.3, -0.25) is 9.36 Å². The van der Waals surface area contributed by atoms with Crippen LogP contribution in [0.25, 0.3) is 10.9 Å². The lowest BCUT2D eigenvalue weighted by molar-refractivity contribution is 0.406. The molecular formula is C16H13FN2O2. The van der Waals surface area contributed by atoms with E-state index in [1.807, 2.05) is 6.07 Å². The quantitative estimate of drug-likeness (QED) is 0.742. The Balaban J connectivity index is 2.08. The molecule has 0 saturated carbocycles. The molecule has 21 heavy (non-hydrogen) atoms. The zero-order valence-electron chi connectivity index (χ0n) is 11.4. The molecule has 2 aromatic carbocycles. The summed E-state index contributed by atoms with van der Waals surface area (Å²) in [6, 6.07) is 11.4. The minimum Gasteiger partial charge on any atom is -0.496 e. The summed E-state index contributed by atoms with van der Waals surface area (Å²) in [6.45, 7) is 0.206. The summed E-state index contributed by atoms with van der Waals surface area (Å²) in [4.78, 5) is 16.7. The SMILES string of the molecule is COc1ccc(F)cc1Cn1cnc2ccccc2c1=O. The highest BCUT2D eigenvalue weighted by atomic mass is 19.1. The Morgan fingerprint density at radius 2 is 2.05 bits per heavy atom. The van der Waals surface area contributed by atoms with Crippen LogP contribution in [0.3, 0.4) is 0 Å². The number of nitrogens with zero attached hydrogens (tertiary/aromatic N) is 2. The van der Waals surface area contributed by atoms with Crippen molar-refractivity contribution in [2.45, 2.75) is 6.54 Å². The lowest BCUT2D eigenvalue weighted by Gasteiger charge is -2.10. The first-order chi connectivity index (χ1) is 10.2. The maximum absolute atomic E-state index is 13.4. The van der Waals surface area contributed by atoms with Gasteiger partial charge < -0.3 is 4.74 Å². The van der Waals surface area contributed by atoms with Crippen LogP contribution < -0.4 is 10.3 Å². The maximum atomic E-state index is 13.4. The van der Waals surface area contributed by atoms with Crippen molar-refractivity contribution in [3.8, 4) is 5.75 Å². The summed E-state index contributed by atoms with van der Waals surface area (Å²) in [5, 5.41) is 0.537. The molecule has 1 aromatic heterocycles. The summed E-state index contributed by atoms with van der Waals surface area (Å²) in [6.07, 6.45) is 1.47. The predicted molar refractivity (Wildman–Crippen MR) is 78.1 cm³/mol. The van der Waals surface area contributed by atoms with Gasteiger partial charge in [0.15, 0.2) is 0 Å². The molecule has 106 valence electrons. The van der Waals surface area contributed by atoms with Crippen molar-refractivity contribution < 1.29 is 9.13 Å². The Bertz CT molecular complexity index is 858. The Labute approximate surface area is 120 Å². The molecule has 0 fully saturated rings. The molecule has 1 heterocycles. The summed E-state index contributed by atoms with van der Waals surface area (Å²) in [7, 11) is 1.51. The van der Waals surface area contributed by atoms with Crippen LogP contribution in [0.2, 0.25) is 0 Å². The van der Waals surface area contributed by atoms with Crippen molar-refractivity contribution in [2.24, 2.45) is 0 Å². The molecule has 0 N–H and O–H groups in total. The monoisotopic (exact) mass is 284 g/mol. The molecule has 0 atom stereocenters. The van der Waals surface area contributed by atoms with Crippen LogP contribution in [0.4, 0.5) is 4.39 Å². The van der Waals surface area contributed by atoms with Gasteiger partial charge in [-0.25, -0.2) is 9.37 Å². The number of hydrogen-bond donors (Lipinski definition) is 0. The minimum atomic E-state index is -0.368. The molecule has 0 aliphatic heterocycles. The van der Waals surface area contributed by atoms with Crippen LogP contribution in [0.1, 0.15) is 5.56 Å². The minimum absolute atomic E-state index is 0.160. The first-order valence-electron chi connectivity index (χ1n) is 6.45. The van der Waals surface area contributed by atoms with E-state index in [0.29, 0.717) is 22.2 Å². The topological polar surface area (TPSA) is 44.1 Å². The number of methoxy groups -OCH3 is 1. The van der Waals surface area contributed by atoms with E-state index in [2.05, 4.69) is 4.98 Å². The van der Waals surface area contributed by atoms with E-state index in [0.717, 1.165) is 0 Å². The van der Waals surface area contributed by atoms with E-state index in [9.17, 15) is 9.18 Å². The number of halogens is 1. The van der Waals surface area contributed by atoms with Crippen molar-refractivity contribution >= 4 is 10.9 Å². The van der Waals surface area contributed by atoms with E-state index in [1.54, 1.807) is 24.3 Å². The molecule has 3 aromatic rings. The molecule has 0 unspecified atom stereocenters. The van der Waals surface area contributed by atoms with Gasteiger partial charge in [0.25, 0.3) is 5.56 Å². The molecule has 0 saturated heterocycles. The predicted octanol–water partition coefficient (Wildman–Crippen LogP) is 2.59. The summed E-state index contributed by atoms with van der Waals surface area (Å²) in [5.41, 5.74) is 1.08. The first kappa shape index (κ1) is 13.3. The Hall–Kier alpha value is -2.69. The third-order valence-electron chi connectivity index (χ3n) is 3.31. The average molecular weight is 284 g/mol. The fourth-order valence-electron chi connectivity index (χ4n) is 2.27. The van der Waals surface area contributed by atoms with E-state index in [4.69, 9.17) is 4.74 Å². The second kappa shape index (κ2) is 5.36. The summed E-state index contributed by atoms with van der Waals surface area (Å²) >= 11 is 0. The van der Waals surface area contributed by atoms with Crippen LogP contribution in [-0.4, -0.2) is 16.7 Å². The molecule has 4 nitrogen and oxygen atoms in total. The number of para-hydroxylation sites is 1. The second-order valence-corrected chi connectivity index (χ2v) is 4.65. The maximum Gasteiger partial charge on any atom is 0.261 e. The lowest BCUT2D eigenvalue weighted by Crippen LogP contribution is -2.21. The van der Waals surface area contributed by atoms with Crippen molar-refractivity contribution in [2.75, 3.05) is 7.11 Å². The molecule has 0 aliphatic carbocycles. The number of fused-ring (bicyclic) bond motifs is 1. The fourth-order valence-corrected chi connectivity index (χ4v) is 2.27. The van der Waals surface area contributed by atoms with Crippen molar-refractivity contribution in [3.63, 3.8) is 0 Å². The van der Waals surface area contributed by atoms with Crippen LogP contribution >= 0.6 is 0 Å². The molecule has 0 spiro atoms. The van der Waals surface area contributed by atoms with Crippen molar-refractivity contribution in [3.05, 3.63) is 70.5 Å². The van der Waals surface area contributed by atoms with Crippen LogP contribution in [0.5, 0.6) is 5.75 Å². The van der Waals surface area contributed by atoms with Gasteiger partial charge in [-0.15, -0.1) is 0 Å². The van der Waals surface area contributed by atoms with Gasteiger partial charge >= 0.3 is 0 Å². The molecule has 0 aliphatic rings.